The molecule has 0 amide bonds. The van der Waals surface area contributed by atoms with Gasteiger partial charge in [0.15, 0.2) is 12.6 Å². The van der Waals surface area contributed by atoms with Crippen molar-refractivity contribution in [1.82, 2.24) is 0 Å². The number of carbonyl (C=O) groups is 2. The summed E-state index contributed by atoms with van der Waals surface area (Å²) in [6.07, 6.45) is -7.50. The topological polar surface area (TPSA) is 159 Å². The first kappa shape index (κ1) is 25.2. The van der Waals surface area contributed by atoms with Gasteiger partial charge >= 0.3 is 11.9 Å². The normalized spacial score (nSPS) is 46.8. The zero-order valence-corrected chi connectivity index (χ0v) is 18.7. The largest absolute Gasteiger partial charge is 0.477 e. The third-order valence-electron chi connectivity index (χ3n) is 6.24. The highest BCUT2D eigenvalue weighted by Gasteiger charge is 2.56. The van der Waals surface area contributed by atoms with Crippen LogP contribution in [0, 0.1) is 11.8 Å². The van der Waals surface area contributed by atoms with Crippen LogP contribution in [0.4, 0.5) is 0 Å². The second kappa shape index (κ2) is 9.85. The van der Waals surface area contributed by atoms with Gasteiger partial charge in [0, 0.05) is 32.8 Å². The maximum absolute atomic E-state index is 11.7. The molecule has 0 bridgehead atoms. The third kappa shape index (κ3) is 4.92. The molecule has 0 aromatic heterocycles. The Morgan fingerprint density at radius 3 is 2.38 bits per heavy atom. The molecule has 3 heterocycles. The Balaban J connectivity index is 1.82. The molecule has 12 heteroatoms. The van der Waals surface area contributed by atoms with E-state index in [0.717, 1.165) is 0 Å². The Labute approximate surface area is 185 Å². The smallest absolute Gasteiger partial charge is 0.364 e. The molecule has 0 radical (unpaired) electrons. The zero-order chi connectivity index (χ0) is 23.8. The summed E-state index contributed by atoms with van der Waals surface area (Å²) < 4.78 is 39.2. The lowest BCUT2D eigenvalue weighted by Crippen LogP contribution is -2.66. The average molecular weight is 464 g/mol. The van der Waals surface area contributed by atoms with E-state index in [4.69, 9.17) is 33.2 Å². The first-order valence-electron chi connectivity index (χ1n) is 10.5. The van der Waals surface area contributed by atoms with Crippen molar-refractivity contribution in [3.05, 3.63) is 0 Å². The van der Waals surface area contributed by atoms with E-state index in [0.29, 0.717) is 0 Å². The molecule has 12 nitrogen and oxygen atoms in total. The quantitative estimate of drug-likeness (QED) is 0.422. The molecular formula is C20H32O12. The highest BCUT2D eigenvalue weighted by Crippen LogP contribution is 2.39. The van der Waals surface area contributed by atoms with Crippen LogP contribution >= 0.6 is 0 Å². The Bertz CT molecular complexity index is 687. The van der Waals surface area contributed by atoms with Crippen LogP contribution in [0.25, 0.3) is 0 Å². The molecule has 184 valence electrons. The van der Waals surface area contributed by atoms with Gasteiger partial charge in [-0.1, -0.05) is 13.8 Å². The number of carbonyl (C=O) groups excluding carboxylic acids is 1. The second-order valence-electron chi connectivity index (χ2n) is 8.57. The highest BCUT2D eigenvalue weighted by atomic mass is 16.8. The van der Waals surface area contributed by atoms with Gasteiger partial charge in [-0.3, -0.25) is 4.79 Å². The monoisotopic (exact) mass is 464 g/mol. The first-order chi connectivity index (χ1) is 15.0. The van der Waals surface area contributed by atoms with Crippen molar-refractivity contribution in [3.8, 4) is 0 Å². The molecule has 0 aromatic rings. The van der Waals surface area contributed by atoms with E-state index in [-0.39, 0.29) is 13.2 Å². The Hall–Kier alpha value is -1.38. The minimum Gasteiger partial charge on any atom is -0.477 e. The number of aliphatic hydroxyl groups excluding tert-OH is 2. The number of ether oxygens (including phenoxy) is 7. The van der Waals surface area contributed by atoms with Gasteiger partial charge in [0.05, 0.1) is 18.8 Å². The lowest BCUT2D eigenvalue weighted by Gasteiger charge is -2.51. The number of carboxylic acid groups (broad SMARTS) is 1. The van der Waals surface area contributed by atoms with Gasteiger partial charge < -0.3 is 48.5 Å². The van der Waals surface area contributed by atoms with Gasteiger partial charge in [-0.2, -0.15) is 0 Å². The number of rotatable bonds is 6. The Kier molecular flexibility index (Phi) is 7.77. The fourth-order valence-electron chi connectivity index (χ4n) is 4.16. The van der Waals surface area contributed by atoms with E-state index in [1.54, 1.807) is 13.8 Å². The van der Waals surface area contributed by atoms with Crippen LogP contribution in [-0.2, 0) is 42.7 Å². The summed E-state index contributed by atoms with van der Waals surface area (Å²) in [6, 6.07) is 0. The molecule has 0 aromatic carbocycles. The molecule has 3 N–H and O–H groups in total. The van der Waals surface area contributed by atoms with Crippen molar-refractivity contribution >= 4 is 11.9 Å². The SMILES string of the molecule is COC1OC2COC(C)(C(=O)O)OC2C(OC2OC(COC(C)=O)C(O)C(C)C2O)C1C. The van der Waals surface area contributed by atoms with E-state index < -0.39 is 78.8 Å². The number of carboxylic acids is 1. The molecule has 3 fully saturated rings. The summed E-state index contributed by atoms with van der Waals surface area (Å²) in [5.74, 6) is -4.84. The van der Waals surface area contributed by atoms with Gasteiger partial charge in [0.2, 0.25) is 0 Å². The minimum atomic E-state index is -1.90. The highest BCUT2D eigenvalue weighted by molar-refractivity contribution is 5.75. The molecule has 3 aliphatic heterocycles. The van der Waals surface area contributed by atoms with Crippen LogP contribution in [0.15, 0.2) is 0 Å². The van der Waals surface area contributed by atoms with E-state index >= 15 is 0 Å². The van der Waals surface area contributed by atoms with Crippen LogP contribution in [0.5, 0.6) is 0 Å². The Morgan fingerprint density at radius 1 is 1.09 bits per heavy atom. The number of methoxy groups -OCH3 is 1. The van der Waals surface area contributed by atoms with Gasteiger partial charge in [0.25, 0.3) is 5.79 Å². The maximum atomic E-state index is 11.7. The van der Waals surface area contributed by atoms with Crippen molar-refractivity contribution in [2.24, 2.45) is 11.8 Å². The minimum absolute atomic E-state index is 0.0713. The van der Waals surface area contributed by atoms with Crippen LogP contribution in [-0.4, -0.2) is 103 Å². The first-order valence-corrected chi connectivity index (χ1v) is 10.5. The summed E-state index contributed by atoms with van der Waals surface area (Å²) in [7, 11) is 1.46. The number of aliphatic hydroxyl groups is 2. The predicted octanol–water partition coefficient (Wildman–Crippen LogP) is -0.759. The molecule has 11 atom stereocenters. The zero-order valence-electron chi connectivity index (χ0n) is 18.7. The number of hydrogen-bond donors (Lipinski definition) is 3. The molecule has 32 heavy (non-hydrogen) atoms. The van der Waals surface area contributed by atoms with Crippen molar-refractivity contribution in [2.75, 3.05) is 20.3 Å². The summed E-state index contributed by atoms with van der Waals surface area (Å²) in [4.78, 5) is 22.8. The number of fused-ring (bicyclic) bond motifs is 1. The number of hydrogen-bond acceptors (Lipinski definition) is 11. The average Bonchev–Trinajstić information content (AvgIpc) is 2.74. The third-order valence-corrected chi connectivity index (χ3v) is 6.24. The van der Waals surface area contributed by atoms with E-state index in [1.807, 2.05) is 0 Å². The van der Waals surface area contributed by atoms with Gasteiger partial charge in [-0.15, -0.1) is 0 Å². The molecule has 11 unspecified atom stereocenters. The van der Waals surface area contributed by atoms with Crippen molar-refractivity contribution in [2.45, 2.75) is 82.7 Å². The van der Waals surface area contributed by atoms with Crippen LogP contribution in [0.2, 0.25) is 0 Å². The van der Waals surface area contributed by atoms with E-state index in [9.17, 15) is 24.9 Å². The van der Waals surface area contributed by atoms with Crippen molar-refractivity contribution < 1.29 is 58.1 Å². The summed E-state index contributed by atoms with van der Waals surface area (Å²) in [6.45, 7) is 5.63. The molecule has 3 aliphatic rings. The molecule has 3 rings (SSSR count). The predicted molar refractivity (Wildman–Crippen MR) is 103 cm³/mol. The molecule has 0 aliphatic carbocycles. The van der Waals surface area contributed by atoms with Crippen LogP contribution < -0.4 is 0 Å². The standard InChI is InChI=1S/C20H32O12/c1-8-13(22)11(6-27-10(3)21)29-18(14(8)23)31-15-9(2)17(26-5)30-12-7-28-20(4,19(24)25)32-16(12)15/h8-9,11-18,22-23H,6-7H2,1-5H3,(H,24,25). The van der Waals surface area contributed by atoms with Crippen LogP contribution in [0.3, 0.4) is 0 Å². The van der Waals surface area contributed by atoms with Gasteiger partial charge in [-0.05, 0) is 0 Å². The fourth-order valence-corrected chi connectivity index (χ4v) is 4.16. The summed E-state index contributed by atoms with van der Waals surface area (Å²) in [5.41, 5.74) is 0. The van der Waals surface area contributed by atoms with Gasteiger partial charge in [-0.25, -0.2) is 4.79 Å². The summed E-state index contributed by atoms with van der Waals surface area (Å²) >= 11 is 0. The second-order valence-corrected chi connectivity index (χ2v) is 8.57. The summed E-state index contributed by atoms with van der Waals surface area (Å²) in [5, 5.41) is 30.6. The molecule has 3 saturated heterocycles. The number of esters is 1. The lowest BCUT2D eigenvalue weighted by atomic mass is 9.89. The Morgan fingerprint density at radius 2 is 1.78 bits per heavy atom. The number of aliphatic carboxylic acids is 1. The molecule has 0 saturated carbocycles. The maximum Gasteiger partial charge on any atom is 0.364 e. The van der Waals surface area contributed by atoms with E-state index in [2.05, 4.69) is 0 Å². The van der Waals surface area contributed by atoms with Crippen molar-refractivity contribution in [1.29, 1.82) is 0 Å². The van der Waals surface area contributed by atoms with Crippen LogP contribution in [0.1, 0.15) is 27.7 Å². The fraction of sp³-hybridized carbons (Fsp3) is 0.900. The van der Waals surface area contributed by atoms with Crippen molar-refractivity contribution in [3.63, 3.8) is 0 Å². The lowest BCUT2D eigenvalue weighted by molar-refractivity contribution is -0.393. The van der Waals surface area contributed by atoms with E-state index in [1.165, 1.54) is 21.0 Å². The molecule has 0 spiro atoms. The molecular weight excluding hydrogens is 432 g/mol. The van der Waals surface area contributed by atoms with Gasteiger partial charge in [0.1, 0.15) is 31.0 Å².